The van der Waals surface area contributed by atoms with Crippen LogP contribution in [0.4, 0.5) is 0 Å². The van der Waals surface area contributed by atoms with Crippen molar-refractivity contribution < 1.29 is 19.1 Å². The van der Waals surface area contributed by atoms with Gasteiger partial charge in [0, 0.05) is 13.1 Å². The molecule has 6 nitrogen and oxygen atoms in total. The maximum Gasteiger partial charge on any atom is 0.338 e. The number of nitrogens with zero attached hydrogens (tertiary/aromatic N) is 1. The van der Waals surface area contributed by atoms with Crippen LogP contribution in [0, 0.1) is 5.92 Å². The van der Waals surface area contributed by atoms with Gasteiger partial charge in [-0.15, -0.1) is 0 Å². The molecule has 1 aliphatic rings. The van der Waals surface area contributed by atoms with Crippen LogP contribution in [-0.2, 0) is 20.7 Å². The SMILES string of the molecule is COC(=O)c1ccccc1CC(=O)N1CCCC(C(N)=O)C1. The Labute approximate surface area is 129 Å². The molecule has 0 radical (unpaired) electrons. The molecule has 0 spiro atoms. The van der Waals surface area contributed by atoms with Gasteiger partial charge in [-0.25, -0.2) is 4.79 Å². The summed E-state index contributed by atoms with van der Waals surface area (Å²) in [6.07, 6.45) is 1.59. The lowest BCUT2D eigenvalue weighted by molar-refractivity contribution is -0.134. The molecule has 1 atom stereocenters. The van der Waals surface area contributed by atoms with Crippen LogP contribution in [0.15, 0.2) is 24.3 Å². The molecule has 0 saturated carbocycles. The van der Waals surface area contributed by atoms with Crippen LogP contribution >= 0.6 is 0 Å². The molecule has 2 N–H and O–H groups in total. The predicted molar refractivity (Wildman–Crippen MR) is 80.0 cm³/mol. The minimum Gasteiger partial charge on any atom is -0.465 e. The van der Waals surface area contributed by atoms with Gasteiger partial charge < -0.3 is 15.4 Å². The average molecular weight is 304 g/mol. The highest BCUT2D eigenvalue weighted by molar-refractivity contribution is 5.93. The fraction of sp³-hybridized carbons (Fsp3) is 0.438. The lowest BCUT2D eigenvalue weighted by Crippen LogP contribution is -2.44. The smallest absolute Gasteiger partial charge is 0.338 e. The summed E-state index contributed by atoms with van der Waals surface area (Å²) in [4.78, 5) is 37.1. The molecule has 2 rings (SSSR count). The van der Waals surface area contributed by atoms with Gasteiger partial charge in [-0.2, -0.15) is 0 Å². The maximum atomic E-state index is 12.4. The Hall–Kier alpha value is -2.37. The number of carbonyl (C=O) groups is 3. The third-order valence-electron chi connectivity index (χ3n) is 3.94. The number of likely N-dealkylation sites (tertiary alicyclic amines) is 1. The van der Waals surface area contributed by atoms with Crippen LogP contribution in [0.25, 0.3) is 0 Å². The molecule has 2 amide bonds. The van der Waals surface area contributed by atoms with Crippen molar-refractivity contribution in [1.29, 1.82) is 0 Å². The molecule has 1 aromatic carbocycles. The van der Waals surface area contributed by atoms with Crippen molar-refractivity contribution in [2.45, 2.75) is 19.3 Å². The highest BCUT2D eigenvalue weighted by Gasteiger charge is 2.27. The van der Waals surface area contributed by atoms with Crippen molar-refractivity contribution in [3.63, 3.8) is 0 Å². The molecular formula is C16H20N2O4. The summed E-state index contributed by atoms with van der Waals surface area (Å²) in [6.45, 7) is 0.970. The molecule has 6 heteroatoms. The first-order chi connectivity index (χ1) is 10.5. The Morgan fingerprint density at radius 3 is 2.73 bits per heavy atom. The van der Waals surface area contributed by atoms with Gasteiger partial charge in [0.1, 0.15) is 0 Å². The topological polar surface area (TPSA) is 89.7 Å². The normalized spacial score (nSPS) is 17.9. The minimum absolute atomic E-state index is 0.108. The third kappa shape index (κ3) is 3.63. The molecule has 0 aliphatic carbocycles. The van der Waals surface area contributed by atoms with E-state index < -0.39 is 5.97 Å². The number of hydrogen-bond donors (Lipinski definition) is 1. The van der Waals surface area contributed by atoms with Gasteiger partial charge in [0.25, 0.3) is 0 Å². The standard InChI is InChI=1S/C16H20N2O4/c1-22-16(21)13-7-3-2-5-11(13)9-14(19)18-8-4-6-12(10-18)15(17)20/h2-3,5,7,12H,4,6,8-10H2,1H3,(H2,17,20). The monoisotopic (exact) mass is 304 g/mol. The zero-order chi connectivity index (χ0) is 16.1. The summed E-state index contributed by atoms with van der Waals surface area (Å²) in [5, 5.41) is 0. The third-order valence-corrected chi connectivity index (χ3v) is 3.94. The number of rotatable bonds is 4. The van der Waals surface area contributed by atoms with Gasteiger partial charge >= 0.3 is 5.97 Å². The highest BCUT2D eigenvalue weighted by Crippen LogP contribution is 2.18. The van der Waals surface area contributed by atoms with E-state index in [0.717, 1.165) is 12.8 Å². The molecular weight excluding hydrogens is 284 g/mol. The largest absolute Gasteiger partial charge is 0.465 e. The lowest BCUT2D eigenvalue weighted by Gasteiger charge is -2.31. The van der Waals surface area contributed by atoms with Crippen molar-refractivity contribution in [2.24, 2.45) is 11.7 Å². The van der Waals surface area contributed by atoms with Gasteiger partial charge in [-0.1, -0.05) is 18.2 Å². The lowest BCUT2D eigenvalue weighted by atomic mass is 9.96. The Balaban J connectivity index is 2.09. The second-order valence-electron chi connectivity index (χ2n) is 5.41. The van der Waals surface area contributed by atoms with E-state index in [1.54, 1.807) is 29.2 Å². The zero-order valence-corrected chi connectivity index (χ0v) is 12.6. The van der Waals surface area contributed by atoms with Crippen LogP contribution in [-0.4, -0.2) is 42.9 Å². The molecule has 0 bridgehead atoms. The molecule has 1 aliphatic heterocycles. The number of piperidine rings is 1. The Bertz CT molecular complexity index is 585. The number of primary amides is 1. The number of methoxy groups -OCH3 is 1. The molecule has 1 aromatic rings. The van der Waals surface area contributed by atoms with Crippen molar-refractivity contribution in [3.05, 3.63) is 35.4 Å². The number of ether oxygens (including phenoxy) is 1. The van der Waals surface area contributed by atoms with E-state index in [4.69, 9.17) is 10.5 Å². The molecule has 1 unspecified atom stereocenters. The van der Waals surface area contributed by atoms with Gasteiger partial charge in [-0.05, 0) is 24.5 Å². The number of esters is 1. The molecule has 1 fully saturated rings. The van der Waals surface area contributed by atoms with Crippen LogP contribution < -0.4 is 5.73 Å². The summed E-state index contributed by atoms with van der Waals surface area (Å²) in [7, 11) is 1.31. The van der Waals surface area contributed by atoms with Crippen LogP contribution in [0.2, 0.25) is 0 Å². The first-order valence-electron chi connectivity index (χ1n) is 7.26. The molecule has 118 valence electrons. The van der Waals surface area contributed by atoms with Crippen LogP contribution in [0.1, 0.15) is 28.8 Å². The van der Waals surface area contributed by atoms with E-state index in [2.05, 4.69) is 0 Å². The Kier molecular flexibility index (Phi) is 5.14. The van der Waals surface area contributed by atoms with E-state index in [1.807, 2.05) is 0 Å². The first-order valence-corrected chi connectivity index (χ1v) is 7.26. The summed E-state index contributed by atoms with van der Waals surface area (Å²) < 4.78 is 4.73. The second-order valence-corrected chi connectivity index (χ2v) is 5.41. The summed E-state index contributed by atoms with van der Waals surface area (Å²) >= 11 is 0. The van der Waals surface area contributed by atoms with E-state index in [0.29, 0.717) is 24.2 Å². The molecule has 1 saturated heterocycles. The number of carbonyl (C=O) groups excluding carboxylic acids is 3. The number of amides is 2. The molecule has 1 heterocycles. The quantitative estimate of drug-likeness (QED) is 0.831. The fourth-order valence-corrected chi connectivity index (χ4v) is 2.69. The van der Waals surface area contributed by atoms with Crippen LogP contribution in [0.3, 0.4) is 0 Å². The molecule has 0 aromatic heterocycles. The summed E-state index contributed by atoms with van der Waals surface area (Å²) in [6, 6.07) is 6.87. The van der Waals surface area contributed by atoms with Crippen molar-refractivity contribution in [3.8, 4) is 0 Å². The predicted octanol–water partition coefficient (Wildman–Crippen LogP) is 0.740. The van der Waals surface area contributed by atoms with Crippen molar-refractivity contribution in [1.82, 2.24) is 4.90 Å². The van der Waals surface area contributed by atoms with Crippen molar-refractivity contribution >= 4 is 17.8 Å². The van der Waals surface area contributed by atoms with Gasteiger partial charge in [-0.3, -0.25) is 9.59 Å². The van der Waals surface area contributed by atoms with Gasteiger partial charge in [0.15, 0.2) is 0 Å². The van der Waals surface area contributed by atoms with E-state index in [9.17, 15) is 14.4 Å². The van der Waals surface area contributed by atoms with E-state index in [-0.39, 0.29) is 24.2 Å². The van der Waals surface area contributed by atoms with Crippen molar-refractivity contribution in [2.75, 3.05) is 20.2 Å². The second kappa shape index (κ2) is 7.06. The Morgan fingerprint density at radius 2 is 2.05 bits per heavy atom. The molecule has 22 heavy (non-hydrogen) atoms. The fourth-order valence-electron chi connectivity index (χ4n) is 2.69. The minimum atomic E-state index is -0.461. The Morgan fingerprint density at radius 1 is 1.32 bits per heavy atom. The maximum absolute atomic E-state index is 12.4. The first kappa shape index (κ1) is 16.0. The zero-order valence-electron chi connectivity index (χ0n) is 12.6. The number of nitrogens with two attached hydrogens (primary N) is 1. The summed E-state index contributed by atoms with van der Waals surface area (Å²) in [5.74, 6) is -1.22. The highest BCUT2D eigenvalue weighted by atomic mass is 16.5. The number of hydrogen-bond acceptors (Lipinski definition) is 4. The summed E-state index contributed by atoms with van der Waals surface area (Å²) in [5.41, 5.74) is 6.34. The average Bonchev–Trinajstić information content (AvgIpc) is 2.54. The van der Waals surface area contributed by atoms with Gasteiger partial charge in [0.2, 0.25) is 11.8 Å². The van der Waals surface area contributed by atoms with E-state index in [1.165, 1.54) is 7.11 Å². The number of benzene rings is 1. The van der Waals surface area contributed by atoms with Gasteiger partial charge in [0.05, 0.1) is 25.0 Å². The van der Waals surface area contributed by atoms with E-state index >= 15 is 0 Å². The van der Waals surface area contributed by atoms with Crippen LogP contribution in [0.5, 0.6) is 0 Å².